The number of thiophene rings is 1. The largest absolute Gasteiger partial charge is 0.493 e. The van der Waals surface area contributed by atoms with E-state index in [4.69, 9.17) is 24.7 Å². The van der Waals surface area contributed by atoms with Crippen molar-refractivity contribution in [1.82, 2.24) is 4.98 Å². The molecule has 0 bridgehead atoms. The standard InChI is InChI=1S/C30H31N3O6S/c1-36-26-17-22-24(18-27(26)37-15-13-23(31)30(35)39-20-5-2-3-6-20)32-14-12-25(22)38-21-10-8-19(9-11-21)33-29(34)28-7-4-16-40-28/h4,7-12,14,16-18,20,23H,2-3,5-6,13,15,31H2,1H3,(H,33,34)/t23-/m0/s1. The van der Waals surface area contributed by atoms with Crippen molar-refractivity contribution < 1.29 is 28.5 Å². The zero-order valence-corrected chi connectivity index (χ0v) is 22.9. The molecule has 1 aliphatic carbocycles. The highest BCUT2D eigenvalue weighted by Gasteiger charge is 2.23. The molecule has 0 radical (unpaired) electrons. The molecule has 0 aliphatic heterocycles. The Morgan fingerprint density at radius 3 is 2.60 bits per heavy atom. The molecule has 1 saturated carbocycles. The highest BCUT2D eigenvalue weighted by molar-refractivity contribution is 7.12. The molecular formula is C30H31N3O6S. The number of nitrogens with two attached hydrogens (primary N) is 1. The van der Waals surface area contributed by atoms with Gasteiger partial charge < -0.3 is 30.0 Å². The third-order valence-corrected chi connectivity index (χ3v) is 7.51. The number of benzene rings is 2. The minimum atomic E-state index is -0.749. The van der Waals surface area contributed by atoms with Crippen LogP contribution in [-0.4, -0.2) is 42.7 Å². The van der Waals surface area contributed by atoms with Gasteiger partial charge in [-0.05, 0) is 73.5 Å². The van der Waals surface area contributed by atoms with Crippen molar-refractivity contribution in [3.05, 3.63) is 71.1 Å². The molecule has 10 heteroatoms. The first-order valence-corrected chi connectivity index (χ1v) is 14.1. The summed E-state index contributed by atoms with van der Waals surface area (Å²) in [6.45, 7) is 0.217. The van der Waals surface area contributed by atoms with Gasteiger partial charge in [0, 0.05) is 29.8 Å². The Balaban J connectivity index is 1.22. The van der Waals surface area contributed by atoms with E-state index < -0.39 is 6.04 Å². The number of nitrogens with zero attached hydrogens (tertiary/aromatic N) is 1. The van der Waals surface area contributed by atoms with Crippen LogP contribution in [0.5, 0.6) is 23.0 Å². The van der Waals surface area contributed by atoms with Crippen LogP contribution in [-0.2, 0) is 9.53 Å². The van der Waals surface area contributed by atoms with Crippen LogP contribution in [0.3, 0.4) is 0 Å². The fraction of sp³-hybridized carbons (Fsp3) is 0.300. The van der Waals surface area contributed by atoms with Gasteiger partial charge in [0.25, 0.3) is 5.91 Å². The molecule has 40 heavy (non-hydrogen) atoms. The van der Waals surface area contributed by atoms with Gasteiger partial charge in [0.1, 0.15) is 23.6 Å². The van der Waals surface area contributed by atoms with Gasteiger partial charge in [0.05, 0.1) is 24.1 Å². The Labute approximate surface area is 236 Å². The monoisotopic (exact) mass is 561 g/mol. The lowest BCUT2D eigenvalue weighted by molar-refractivity contribution is -0.150. The Morgan fingerprint density at radius 2 is 1.88 bits per heavy atom. The van der Waals surface area contributed by atoms with Crippen LogP contribution in [0.1, 0.15) is 41.8 Å². The van der Waals surface area contributed by atoms with Crippen molar-refractivity contribution in [3.63, 3.8) is 0 Å². The SMILES string of the molecule is COc1cc2c(Oc3ccc(NC(=O)c4cccs4)cc3)ccnc2cc1OCC[C@H](N)C(=O)OC1CCCC1. The predicted molar refractivity (Wildman–Crippen MR) is 154 cm³/mol. The summed E-state index contributed by atoms with van der Waals surface area (Å²) in [6, 6.07) is 15.3. The van der Waals surface area contributed by atoms with E-state index in [-0.39, 0.29) is 24.6 Å². The number of hydrogen-bond acceptors (Lipinski definition) is 9. The zero-order chi connectivity index (χ0) is 27.9. The smallest absolute Gasteiger partial charge is 0.323 e. The second kappa shape index (κ2) is 12.8. The molecule has 1 atom stereocenters. The molecule has 4 aromatic rings. The summed E-state index contributed by atoms with van der Waals surface area (Å²) in [5.74, 6) is 1.63. The Morgan fingerprint density at radius 1 is 1.07 bits per heavy atom. The Hall–Kier alpha value is -4.15. The number of aromatic nitrogens is 1. The summed E-state index contributed by atoms with van der Waals surface area (Å²) in [4.78, 5) is 29.7. The minimum absolute atomic E-state index is 0.0160. The number of pyridine rings is 1. The maximum atomic E-state index is 12.3. The van der Waals surface area contributed by atoms with Crippen LogP contribution in [0.2, 0.25) is 0 Å². The molecule has 3 N–H and O–H groups in total. The van der Waals surface area contributed by atoms with Crippen LogP contribution >= 0.6 is 11.3 Å². The molecule has 2 heterocycles. The average Bonchev–Trinajstić information content (AvgIpc) is 3.69. The number of carbonyl (C=O) groups is 2. The maximum Gasteiger partial charge on any atom is 0.323 e. The predicted octanol–water partition coefficient (Wildman–Crippen LogP) is 5.93. The van der Waals surface area contributed by atoms with Crippen LogP contribution in [0.4, 0.5) is 5.69 Å². The van der Waals surface area contributed by atoms with Gasteiger partial charge in [0.15, 0.2) is 11.5 Å². The molecule has 1 fully saturated rings. The maximum absolute atomic E-state index is 12.3. The molecule has 1 amide bonds. The molecule has 2 aromatic carbocycles. The number of ether oxygens (including phenoxy) is 4. The molecule has 5 rings (SSSR count). The molecule has 9 nitrogen and oxygen atoms in total. The molecule has 208 valence electrons. The summed E-state index contributed by atoms with van der Waals surface area (Å²) in [6.07, 6.45) is 5.93. The van der Waals surface area contributed by atoms with Gasteiger partial charge in [-0.3, -0.25) is 14.6 Å². The van der Waals surface area contributed by atoms with Crippen molar-refractivity contribution in [2.24, 2.45) is 5.73 Å². The lowest BCUT2D eigenvalue weighted by Gasteiger charge is -2.17. The van der Waals surface area contributed by atoms with Crippen LogP contribution in [0.25, 0.3) is 10.9 Å². The van der Waals surface area contributed by atoms with E-state index in [0.29, 0.717) is 45.5 Å². The highest BCUT2D eigenvalue weighted by atomic mass is 32.1. The molecule has 1 aliphatic rings. The Bertz CT molecular complexity index is 1450. The van der Waals surface area contributed by atoms with Gasteiger partial charge in [0.2, 0.25) is 0 Å². The summed E-state index contributed by atoms with van der Waals surface area (Å²) in [5.41, 5.74) is 7.35. The van der Waals surface area contributed by atoms with E-state index in [9.17, 15) is 9.59 Å². The number of amides is 1. The number of rotatable bonds is 11. The van der Waals surface area contributed by atoms with Crippen LogP contribution < -0.4 is 25.3 Å². The van der Waals surface area contributed by atoms with E-state index in [2.05, 4.69) is 10.3 Å². The summed E-state index contributed by atoms with van der Waals surface area (Å²) < 4.78 is 23.1. The summed E-state index contributed by atoms with van der Waals surface area (Å²) in [7, 11) is 1.55. The second-order valence-electron chi connectivity index (χ2n) is 9.47. The number of methoxy groups -OCH3 is 1. The van der Waals surface area contributed by atoms with Crippen molar-refractivity contribution in [2.75, 3.05) is 19.0 Å². The minimum Gasteiger partial charge on any atom is -0.493 e. The van der Waals surface area contributed by atoms with E-state index in [1.165, 1.54) is 11.3 Å². The first-order chi connectivity index (χ1) is 19.5. The first-order valence-electron chi connectivity index (χ1n) is 13.2. The van der Waals surface area contributed by atoms with Crippen LogP contribution in [0.15, 0.2) is 66.2 Å². The third kappa shape index (κ3) is 6.70. The lowest BCUT2D eigenvalue weighted by atomic mass is 10.1. The van der Waals surface area contributed by atoms with Crippen molar-refractivity contribution in [2.45, 2.75) is 44.2 Å². The average molecular weight is 562 g/mol. The molecular weight excluding hydrogens is 530 g/mol. The molecule has 0 saturated heterocycles. The van der Waals surface area contributed by atoms with Gasteiger partial charge in [-0.15, -0.1) is 11.3 Å². The van der Waals surface area contributed by atoms with Crippen molar-refractivity contribution in [3.8, 4) is 23.0 Å². The number of esters is 1. The number of carbonyl (C=O) groups excluding carboxylic acids is 2. The van der Waals surface area contributed by atoms with Gasteiger partial charge in [-0.1, -0.05) is 6.07 Å². The molecule has 0 unspecified atom stereocenters. The van der Waals surface area contributed by atoms with Crippen molar-refractivity contribution in [1.29, 1.82) is 0 Å². The zero-order valence-electron chi connectivity index (χ0n) is 22.1. The lowest BCUT2D eigenvalue weighted by Crippen LogP contribution is -2.35. The topological polar surface area (TPSA) is 122 Å². The highest BCUT2D eigenvalue weighted by Crippen LogP contribution is 2.37. The summed E-state index contributed by atoms with van der Waals surface area (Å²) in [5, 5.41) is 5.47. The van der Waals surface area contributed by atoms with Gasteiger partial charge in [-0.25, -0.2) is 0 Å². The third-order valence-electron chi connectivity index (χ3n) is 6.65. The summed E-state index contributed by atoms with van der Waals surface area (Å²) >= 11 is 1.39. The number of nitrogens with one attached hydrogen (secondary N) is 1. The second-order valence-corrected chi connectivity index (χ2v) is 10.4. The van der Waals surface area contributed by atoms with E-state index in [0.717, 1.165) is 31.1 Å². The number of hydrogen-bond donors (Lipinski definition) is 2. The fourth-order valence-electron chi connectivity index (χ4n) is 4.50. The van der Waals surface area contributed by atoms with E-state index in [1.54, 1.807) is 61.8 Å². The van der Waals surface area contributed by atoms with Crippen LogP contribution in [0, 0.1) is 0 Å². The number of anilines is 1. The molecule has 0 spiro atoms. The number of fused-ring (bicyclic) bond motifs is 1. The first kappa shape index (κ1) is 27.4. The normalized spacial score (nSPS) is 14.1. The van der Waals surface area contributed by atoms with Gasteiger partial charge >= 0.3 is 5.97 Å². The van der Waals surface area contributed by atoms with Gasteiger partial charge in [-0.2, -0.15) is 0 Å². The van der Waals surface area contributed by atoms with E-state index in [1.807, 2.05) is 11.4 Å². The fourth-order valence-corrected chi connectivity index (χ4v) is 5.11. The quantitative estimate of drug-likeness (QED) is 0.216. The molecule has 2 aromatic heterocycles. The van der Waals surface area contributed by atoms with E-state index >= 15 is 0 Å². The Kier molecular flexibility index (Phi) is 8.78. The van der Waals surface area contributed by atoms with Crippen molar-refractivity contribution >= 4 is 39.8 Å².